The Balaban J connectivity index is 1.40. The second kappa shape index (κ2) is 8.74. The van der Waals surface area contributed by atoms with Gasteiger partial charge in [-0.1, -0.05) is 0 Å². The number of anilines is 2. The first-order valence-corrected chi connectivity index (χ1v) is 11.3. The third-order valence-corrected chi connectivity index (χ3v) is 5.90. The first kappa shape index (κ1) is 21.8. The van der Waals surface area contributed by atoms with Gasteiger partial charge in [0, 0.05) is 61.2 Å². The number of nitrogens with zero attached hydrogens (tertiary/aromatic N) is 6. The summed E-state index contributed by atoms with van der Waals surface area (Å²) in [6.07, 6.45) is 4.21. The average Bonchev–Trinajstić information content (AvgIpc) is 3.33. The van der Waals surface area contributed by atoms with Gasteiger partial charge in [-0.05, 0) is 44.5 Å². The minimum absolute atomic E-state index is 0.165. The van der Waals surface area contributed by atoms with Crippen molar-refractivity contribution < 1.29 is 9.53 Å². The van der Waals surface area contributed by atoms with Crippen LogP contribution in [0, 0.1) is 26.7 Å². The van der Waals surface area contributed by atoms with Gasteiger partial charge in [-0.3, -0.25) is 9.78 Å². The first-order valence-electron chi connectivity index (χ1n) is 11.3. The molecule has 34 heavy (non-hydrogen) atoms. The number of likely N-dealkylation sites (tertiary alicyclic amines) is 1. The van der Waals surface area contributed by atoms with Gasteiger partial charge in [-0.2, -0.15) is 5.10 Å². The number of carbonyl (C=O) groups excluding carboxylic acids is 1. The van der Waals surface area contributed by atoms with E-state index in [4.69, 9.17) is 4.74 Å². The maximum Gasteiger partial charge on any atom is 0.222 e. The summed E-state index contributed by atoms with van der Waals surface area (Å²) in [4.78, 5) is 26.8. The summed E-state index contributed by atoms with van der Waals surface area (Å²) < 4.78 is 7.98. The van der Waals surface area contributed by atoms with Crippen LogP contribution in [0.15, 0.2) is 42.7 Å². The van der Waals surface area contributed by atoms with E-state index in [1.807, 2.05) is 62.8 Å². The van der Waals surface area contributed by atoms with E-state index < -0.39 is 0 Å². The monoisotopic (exact) mass is 457 g/mol. The molecule has 4 aromatic rings. The van der Waals surface area contributed by atoms with Crippen LogP contribution in [-0.2, 0) is 4.79 Å². The van der Waals surface area contributed by atoms with E-state index in [-0.39, 0.29) is 11.8 Å². The number of aryl methyl sites for hydroxylation is 3. The molecule has 1 fully saturated rings. The van der Waals surface area contributed by atoms with E-state index in [0.29, 0.717) is 36.2 Å². The Bertz CT molecular complexity index is 1360. The van der Waals surface area contributed by atoms with E-state index >= 15 is 0 Å². The molecule has 174 valence electrons. The summed E-state index contributed by atoms with van der Waals surface area (Å²) >= 11 is 0. The Labute approximate surface area is 197 Å². The predicted molar refractivity (Wildman–Crippen MR) is 129 cm³/mol. The van der Waals surface area contributed by atoms with E-state index in [2.05, 4.69) is 31.4 Å². The summed E-state index contributed by atoms with van der Waals surface area (Å²) in [5, 5.41) is 7.87. The molecule has 0 saturated carbocycles. The Morgan fingerprint density at radius 1 is 1.09 bits per heavy atom. The van der Waals surface area contributed by atoms with E-state index in [0.717, 1.165) is 34.6 Å². The molecule has 1 aliphatic rings. The van der Waals surface area contributed by atoms with Crippen molar-refractivity contribution >= 4 is 23.1 Å². The largest absolute Gasteiger partial charge is 0.491 e. The van der Waals surface area contributed by atoms with Crippen molar-refractivity contribution in [2.75, 3.05) is 25.5 Å². The summed E-state index contributed by atoms with van der Waals surface area (Å²) in [6, 6.07) is 9.97. The van der Waals surface area contributed by atoms with Crippen molar-refractivity contribution in [2.45, 2.75) is 27.2 Å². The Kier molecular flexibility index (Phi) is 5.61. The smallest absolute Gasteiger partial charge is 0.222 e. The minimum atomic E-state index is 0.165. The molecule has 0 spiro atoms. The van der Waals surface area contributed by atoms with Crippen LogP contribution in [0.3, 0.4) is 0 Å². The van der Waals surface area contributed by atoms with Crippen molar-refractivity contribution in [2.24, 2.45) is 5.92 Å². The van der Waals surface area contributed by atoms with Gasteiger partial charge in [-0.25, -0.2) is 14.5 Å². The standard InChI is InChI=1S/C25H27N7O2/c1-15-7-21(22(12-26-15)34-14-18-9-25(33)31(4)13-18)19-5-6-32-20(10-19)11-24(30-32)29-23-8-16(2)27-17(3)28-23/h5-8,10-12,18H,9,13-14H2,1-4H3,(H,27,28,29,30). The molecule has 5 heterocycles. The van der Waals surface area contributed by atoms with Crippen LogP contribution in [-0.4, -0.2) is 55.6 Å². The van der Waals surface area contributed by atoms with Gasteiger partial charge in [0.15, 0.2) is 5.82 Å². The zero-order valence-corrected chi connectivity index (χ0v) is 19.7. The highest BCUT2D eigenvalue weighted by atomic mass is 16.5. The molecule has 9 nitrogen and oxygen atoms in total. The van der Waals surface area contributed by atoms with E-state index in [1.54, 1.807) is 11.1 Å². The van der Waals surface area contributed by atoms with Crippen LogP contribution in [0.4, 0.5) is 11.6 Å². The highest BCUT2D eigenvalue weighted by molar-refractivity contribution is 5.78. The fourth-order valence-electron chi connectivity index (χ4n) is 4.30. The molecule has 1 atom stereocenters. The van der Waals surface area contributed by atoms with Gasteiger partial charge < -0.3 is 15.0 Å². The van der Waals surface area contributed by atoms with Crippen LogP contribution >= 0.6 is 0 Å². The normalized spacial score (nSPS) is 15.8. The lowest BCUT2D eigenvalue weighted by atomic mass is 10.1. The lowest BCUT2D eigenvalue weighted by Crippen LogP contribution is -2.20. The van der Waals surface area contributed by atoms with Crippen molar-refractivity contribution in [1.29, 1.82) is 0 Å². The lowest BCUT2D eigenvalue weighted by Gasteiger charge is -2.15. The lowest BCUT2D eigenvalue weighted by molar-refractivity contribution is -0.126. The second-order valence-electron chi connectivity index (χ2n) is 8.86. The number of rotatable bonds is 6. The molecule has 0 aromatic carbocycles. The number of carbonyl (C=O) groups is 1. The zero-order valence-electron chi connectivity index (χ0n) is 19.7. The van der Waals surface area contributed by atoms with Gasteiger partial charge in [0.25, 0.3) is 0 Å². The molecule has 5 rings (SSSR count). The Hall–Kier alpha value is -4.01. The van der Waals surface area contributed by atoms with Crippen LogP contribution in [0.1, 0.15) is 23.6 Å². The molecule has 4 aromatic heterocycles. The molecule has 0 radical (unpaired) electrons. The molecule has 1 aliphatic heterocycles. The van der Waals surface area contributed by atoms with E-state index in [9.17, 15) is 4.79 Å². The number of fused-ring (bicyclic) bond motifs is 1. The maximum atomic E-state index is 11.8. The maximum absolute atomic E-state index is 11.8. The van der Waals surface area contributed by atoms with Crippen molar-refractivity contribution in [3.8, 4) is 16.9 Å². The number of ether oxygens (including phenoxy) is 1. The van der Waals surface area contributed by atoms with Crippen molar-refractivity contribution in [3.05, 3.63) is 59.9 Å². The van der Waals surface area contributed by atoms with Gasteiger partial charge in [0.1, 0.15) is 17.4 Å². The minimum Gasteiger partial charge on any atom is -0.491 e. The Morgan fingerprint density at radius 3 is 2.71 bits per heavy atom. The van der Waals surface area contributed by atoms with Crippen molar-refractivity contribution in [3.63, 3.8) is 0 Å². The number of hydrogen-bond acceptors (Lipinski definition) is 7. The second-order valence-corrected chi connectivity index (χ2v) is 8.86. The molecular weight excluding hydrogens is 430 g/mol. The van der Waals surface area contributed by atoms with Crippen LogP contribution in [0.5, 0.6) is 5.75 Å². The highest BCUT2D eigenvalue weighted by Gasteiger charge is 2.27. The molecule has 1 saturated heterocycles. The molecule has 1 amide bonds. The number of aromatic nitrogens is 5. The number of nitrogens with one attached hydrogen (secondary N) is 1. The third-order valence-electron chi connectivity index (χ3n) is 5.90. The van der Waals surface area contributed by atoms with Gasteiger partial charge in [0.05, 0.1) is 18.3 Å². The zero-order chi connectivity index (χ0) is 23.8. The van der Waals surface area contributed by atoms with Gasteiger partial charge in [0.2, 0.25) is 5.91 Å². The molecule has 0 aliphatic carbocycles. The Morgan fingerprint density at radius 2 is 1.94 bits per heavy atom. The average molecular weight is 458 g/mol. The SMILES string of the molecule is Cc1cc(-c2ccn3nc(Nc4cc(C)nc(C)n4)cc3c2)c(OCC2CC(=O)N(C)C2)cn1. The summed E-state index contributed by atoms with van der Waals surface area (Å²) in [5.41, 5.74) is 4.71. The number of hydrogen-bond donors (Lipinski definition) is 1. The van der Waals surface area contributed by atoms with Crippen LogP contribution in [0.2, 0.25) is 0 Å². The molecule has 1 unspecified atom stereocenters. The number of amides is 1. The summed E-state index contributed by atoms with van der Waals surface area (Å²) in [7, 11) is 1.83. The summed E-state index contributed by atoms with van der Waals surface area (Å²) in [6.45, 7) is 6.97. The van der Waals surface area contributed by atoms with Crippen LogP contribution < -0.4 is 10.1 Å². The predicted octanol–water partition coefficient (Wildman–Crippen LogP) is 3.71. The van der Waals surface area contributed by atoms with Crippen molar-refractivity contribution in [1.82, 2.24) is 29.5 Å². The molecule has 1 N–H and O–H groups in total. The van der Waals surface area contributed by atoms with E-state index in [1.165, 1.54) is 0 Å². The van der Waals surface area contributed by atoms with Gasteiger partial charge >= 0.3 is 0 Å². The van der Waals surface area contributed by atoms with Gasteiger partial charge in [-0.15, -0.1) is 0 Å². The topological polar surface area (TPSA) is 97.5 Å². The fraction of sp³-hybridized carbons (Fsp3) is 0.320. The first-order chi connectivity index (χ1) is 16.3. The van der Waals surface area contributed by atoms with Crippen LogP contribution in [0.25, 0.3) is 16.6 Å². The number of pyridine rings is 2. The molecular formula is C25H27N7O2. The quantitative estimate of drug-likeness (QED) is 0.471. The molecule has 9 heteroatoms. The fourth-order valence-corrected chi connectivity index (χ4v) is 4.30. The summed E-state index contributed by atoms with van der Waals surface area (Å²) in [5.74, 6) is 3.19. The molecule has 0 bridgehead atoms. The third kappa shape index (κ3) is 4.54. The highest BCUT2D eigenvalue weighted by Crippen LogP contribution is 2.32.